The van der Waals surface area contributed by atoms with Crippen molar-refractivity contribution in [2.75, 3.05) is 6.61 Å². The van der Waals surface area contributed by atoms with Gasteiger partial charge < -0.3 is 4.74 Å². The van der Waals surface area contributed by atoms with Gasteiger partial charge in [-0.15, -0.1) is 0 Å². The van der Waals surface area contributed by atoms with Crippen LogP contribution in [0.3, 0.4) is 0 Å². The van der Waals surface area contributed by atoms with E-state index in [4.69, 9.17) is 4.74 Å². The highest BCUT2D eigenvalue weighted by molar-refractivity contribution is 5.95. The van der Waals surface area contributed by atoms with E-state index in [9.17, 15) is 4.79 Å². The van der Waals surface area contributed by atoms with Crippen LogP contribution < -0.4 is 0 Å². The van der Waals surface area contributed by atoms with E-state index < -0.39 is 0 Å². The molecule has 4 nitrogen and oxygen atoms in total. The van der Waals surface area contributed by atoms with E-state index in [1.165, 1.54) is 0 Å². The molecule has 94 valence electrons. The van der Waals surface area contributed by atoms with E-state index in [0.717, 1.165) is 44.4 Å². The van der Waals surface area contributed by atoms with Gasteiger partial charge in [-0.1, -0.05) is 6.92 Å². The lowest BCUT2D eigenvalue weighted by Crippen LogP contribution is -2.08. The number of nitrogens with zero attached hydrogens (tertiary/aromatic N) is 2. The quantitative estimate of drug-likeness (QED) is 0.712. The Balaban J connectivity index is 1.81. The van der Waals surface area contributed by atoms with Crippen molar-refractivity contribution < 1.29 is 9.53 Å². The minimum atomic E-state index is 0.183. The molecule has 0 aliphatic carbocycles. The molecule has 0 spiro atoms. The summed E-state index contributed by atoms with van der Waals surface area (Å²) in [5.74, 6) is 0.183. The fourth-order valence-corrected chi connectivity index (χ4v) is 2.17. The normalized spacial score (nSPS) is 19.7. The van der Waals surface area contributed by atoms with Crippen LogP contribution in [0.15, 0.2) is 12.4 Å². The van der Waals surface area contributed by atoms with E-state index in [1.54, 1.807) is 6.20 Å². The second-order valence-corrected chi connectivity index (χ2v) is 4.59. The van der Waals surface area contributed by atoms with Crippen LogP contribution in [0.5, 0.6) is 0 Å². The van der Waals surface area contributed by atoms with E-state index in [-0.39, 0.29) is 5.78 Å². The van der Waals surface area contributed by atoms with Crippen LogP contribution in [0, 0.1) is 0 Å². The smallest absolute Gasteiger partial charge is 0.166 e. The van der Waals surface area contributed by atoms with Gasteiger partial charge in [0.1, 0.15) is 0 Å². The maximum Gasteiger partial charge on any atom is 0.166 e. The van der Waals surface area contributed by atoms with Crippen LogP contribution in [0.1, 0.15) is 49.4 Å². The van der Waals surface area contributed by atoms with Gasteiger partial charge in [-0.3, -0.25) is 9.48 Å². The topological polar surface area (TPSA) is 44.1 Å². The molecular weight excluding hydrogens is 216 g/mol. The zero-order valence-corrected chi connectivity index (χ0v) is 10.4. The molecule has 0 amide bonds. The molecular formula is C13H20N2O2. The summed E-state index contributed by atoms with van der Waals surface area (Å²) in [7, 11) is 0. The van der Waals surface area contributed by atoms with E-state index in [1.807, 2.05) is 10.9 Å². The largest absolute Gasteiger partial charge is 0.378 e. The molecule has 0 saturated carbocycles. The molecule has 1 atom stereocenters. The molecule has 0 radical (unpaired) electrons. The second kappa shape index (κ2) is 5.96. The molecule has 0 N–H and O–H groups in total. The Bertz CT molecular complexity index is 367. The maximum atomic E-state index is 11.9. The summed E-state index contributed by atoms with van der Waals surface area (Å²) >= 11 is 0. The number of ketones is 1. The van der Waals surface area contributed by atoms with Crippen molar-refractivity contribution in [2.45, 2.75) is 51.7 Å². The van der Waals surface area contributed by atoms with Crippen molar-refractivity contribution in [1.29, 1.82) is 0 Å². The number of carbonyl (C=O) groups is 1. The molecule has 1 aromatic heterocycles. The van der Waals surface area contributed by atoms with Gasteiger partial charge in [0.25, 0.3) is 0 Å². The van der Waals surface area contributed by atoms with Crippen LogP contribution >= 0.6 is 0 Å². The number of ether oxygens (including phenoxy) is 1. The van der Waals surface area contributed by atoms with Gasteiger partial charge in [-0.05, 0) is 25.7 Å². The SMILES string of the molecule is CCCn1cc(C(=O)CCC2CCCO2)cn1. The third kappa shape index (κ3) is 3.40. The van der Waals surface area contributed by atoms with Gasteiger partial charge >= 0.3 is 0 Å². The highest BCUT2D eigenvalue weighted by Gasteiger charge is 2.17. The zero-order valence-electron chi connectivity index (χ0n) is 10.4. The standard InChI is InChI=1S/C13H20N2O2/c1-2-7-15-10-11(9-14-15)13(16)6-5-12-4-3-8-17-12/h9-10,12H,2-8H2,1H3. The summed E-state index contributed by atoms with van der Waals surface area (Å²) in [6, 6.07) is 0. The van der Waals surface area contributed by atoms with E-state index in [0.29, 0.717) is 12.5 Å². The lowest BCUT2D eigenvalue weighted by Gasteiger charge is -2.06. The molecule has 2 heterocycles. The molecule has 1 unspecified atom stereocenters. The molecule has 1 fully saturated rings. The summed E-state index contributed by atoms with van der Waals surface area (Å²) in [6.45, 7) is 3.83. The van der Waals surface area contributed by atoms with Gasteiger partial charge in [0.15, 0.2) is 5.78 Å². The van der Waals surface area contributed by atoms with Crippen molar-refractivity contribution in [3.05, 3.63) is 18.0 Å². The van der Waals surface area contributed by atoms with Crippen molar-refractivity contribution in [3.63, 3.8) is 0 Å². The Morgan fingerprint density at radius 3 is 3.24 bits per heavy atom. The summed E-state index contributed by atoms with van der Waals surface area (Å²) in [6.07, 6.45) is 8.50. The Labute approximate surface area is 102 Å². The fraction of sp³-hybridized carbons (Fsp3) is 0.692. The molecule has 17 heavy (non-hydrogen) atoms. The van der Waals surface area contributed by atoms with Gasteiger partial charge in [-0.2, -0.15) is 5.10 Å². The average Bonchev–Trinajstić information content (AvgIpc) is 2.97. The van der Waals surface area contributed by atoms with Gasteiger partial charge in [0.05, 0.1) is 17.9 Å². The molecule has 1 saturated heterocycles. The third-order valence-electron chi connectivity index (χ3n) is 3.13. The number of hydrogen-bond donors (Lipinski definition) is 0. The summed E-state index contributed by atoms with van der Waals surface area (Å²) in [5, 5.41) is 4.17. The Morgan fingerprint density at radius 2 is 2.53 bits per heavy atom. The molecule has 2 rings (SSSR count). The van der Waals surface area contributed by atoms with Crippen LogP contribution in [0.2, 0.25) is 0 Å². The second-order valence-electron chi connectivity index (χ2n) is 4.59. The highest BCUT2D eigenvalue weighted by atomic mass is 16.5. The fourth-order valence-electron chi connectivity index (χ4n) is 2.17. The minimum Gasteiger partial charge on any atom is -0.378 e. The third-order valence-corrected chi connectivity index (χ3v) is 3.13. The number of aromatic nitrogens is 2. The molecule has 1 aliphatic heterocycles. The Hall–Kier alpha value is -1.16. The number of rotatable bonds is 6. The first kappa shape index (κ1) is 12.3. The Morgan fingerprint density at radius 1 is 1.65 bits per heavy atom. The van der Waals surface area contributed by atoms with Crippen molar-refractivity contribution in [2.24, 2.45) is 0 Å². The highest BCUT2D eigenvalue weighted by Crippen LogP contribution is 2.18. The molecule has 0 bridgehead atoms. The van der Waals surface area contributed by atoms with E-state index in [2.05, 4.69) is 12.0 Å². The number of hydrogen-bond acceptors (Lipinski definition) is 3. The van der Waals surface area contributed by atoms with Gasteiger partial charge in [0.2, 0.25) is 0 Å². The van der Waals surface area contributed by atoms with Crippen molar-refractivity contribution in [3.8, 4) is 0 Å². The minimum absolute atomic E-state index is 0.183. The molecule has 0 aromatic carbocycles. The Kier molecular flexibility index (Phi) is 4.31. The van der Waals surface area contributed by atoms with Crippen LogP contribution in [-0.4, -0.2) is 28.3 Å². The van der Waals surface area contributed by atoms with Crippen LogP contribution in [0.4, 0.5) is 0 Å². The summed E-state index contributed by atoms with van der Waals surface area (Å²) < 4.78 is 7.34. The molecule has 4 heteroatoms. The van der Waals surface area contributed by atoms with Crippen LogP contribution in [0.25, 0.3) is 0 Å². The predicted molar refractivity (Wildman–Crippen MR) is 65.1 cm³/mol. The van der Waals surface area contributed by atoms with Crippen LogP contribution in [-0.2, 0) is 11.3 Å². The lowest BCUT2D eigenvalue weighted by atomic mass is 10.1. The predicted octanol–water partition coefficient (Wildman–Crippen LogP) is 2.44. The van der Waals surface area contributed by atoms with Crippen molar-refractivity contribution >= 4 is 5.78 Å². The monoisotopic (exact) mass is 236 g/mol. The average molecular weight is 236 g/mol. The van der Waals surface area contributed by atoms with Gasteiger partial charge in [0, 0.05) is 25.8 Å². The first-order valence-corrected chi connectivity index (χ1v) is 6.47. The first-order valence-electron chi connectivity index (χ1n) is 6.47. The summed E-state index contributed by atoms with van der Waals surface area (Å²) in [4.78, 5) is 11.9. The van der Waals surface area contributed by atoms with Gasteiger partial charge in [-0.25, -0.2) is 0 Å². The lowest BCUT2D eigenvalue weighted by molar-refractivity contribution is 0.0859. The number of Topliss-reactive ketones (excluding diaryl/α,β-unsaturated/α-hetero) is 1. The first-order chi connectivity index (χ1) is 8.29. The maximum absolute atomic E-state index is 11.9. The van der Waals surface area contributed by atoms with Crippen molar-refractivity contribution in [1.82, 2.24) is 9.78 Å². The zero-order chi connectivity index (χ0) is 12.1. The number of carbonyl (C=O) groups excluding carboxylic acids is 1. The number of aryl methyl sites for hydroxylation is 1. The summed E-state index contributed by atoms with van der Waals surface area (Å²) in [5.41, 5.74) is 0.733. The molecule has 1 aliphatic rings. The van der Waals surface area contributed by atoms with E-state index >= 15 is 0 Å². The molecule has 1 aromatic rings.